The van der Waals surface area contributed by atoms with Crippen molar-refractivity contribution in [3.63, 3.8) is 0 Å². The number of carboxylic acids is 1. The largest absolute Gasteiger partial charge is 0.486 e. The average Bonchev–Trinajstić information content (AvgIpc) is 2.46. The van der Waals surface area contributed by atoms with Gasteiger partial charge in [-0.2, -0.15) is 0 Å². The molecule has 0 spiro atoms. The predicted octanol–water partition coefficient (Wildman–Crippen LogP) is 2.27. The zero-order valence-corrected chi connectivity index (χ0v) is 13.9. The van der Waals surface area contributed by atoms with Crippen LogP contribution < -0.4 is 14.8 Å². The van der Waals surface area contributed by atoms with E-state index in [0.29, 0.717) is 35.3 Å². The van der Waals surface area contributed by atoms with Crippen LogP contribution in [0.25, 0.3) is 0 Å². The summed E-state index contributed by atoms with van der Waals surface area (Å²) in [7, 11) is 0. The fourth-order valence-electron chi connectivity index (χ4n) is 2.31. The summed E-state index contributed by atoms with van der Waals surface area (Å²) in [6.45, 7) is 4.65. The first-order valence-corrected chi connectivity index (χ1v) is 7.83. The molecule has 0 saturated heterocycles. The number of hydrogen-bond donors (Lipinski definition) is 2. The van der Waals surface area contributed by atoms with Crippen molar-refractivity contribution < 1.29 is 24.2 Å². The second-order valence-corrected chi connectivity index (χ2v) is 6.19. The summed E-state index contributed by atoms with van der Waals surface area (Å²) in [6, 6.07) is 2.91. The smallest absolute Gasteiger partial charge is 0.305 e. The number of amides is 1. The Bertz CT molecular complexity index is 602. The van der Waals surface area contributed by atoms with E-state index in [1.807, 2.05) is 13.8 Å². The topological polar surface area (TPSA) is 84.9 Å². The van der Waals surface area contributed by atoms with Crippen molar-refractivity contribution in [2.45, 2.75) is 32.7 Å². The van der Waals surface area contributed by atoms with E-state index in [2.05, 4.69) is 5.32 Å². The Morgan fingerprint density at radius 2 is 1.87 bits per heavy atom. The average molecular weight is 342 g/mol. The molecule has 0 bridgehead atoms. The van der Waals surface area contributed by atoms with Crippen molar-refractivity contribution >= 4 is 23.5 Å². The zero-order valence-electron chi connectivity index (χ0n) is 13.1. The predicted molar refractivity (Wildman–Crippen MR) is 85.2 cm³/mol. The molecular weight excluding hydrogens is 322 g/mol. The highest BCUT2D eigenvalue weighted by Gasteiger charge is 2.21. The quantitative estimate of drug-likeness (QED) is 0.829. The molecule has 2 rings (SSSR count). The van der Waals surface area contributed by atoms with Crippen LogP contribution in [-0.4, -0.2) is 36.2 Å². The number of carbonyl (C=O) groups excluding carboxylic acids is 1. The minimum atomic E-state index is -0.943. The van der Waals surface area contributed by atoms with Crippen LogP contribution in [0.4, 0.5) is 0 Å². The lowest BCUT2D eigenvalue weighted by Gasteiger charge is -2.22. The number of benzene rings is 1. The first-order chi connectivity index (χ1) is 10.9. The van der Waals surface area contributed by atoms with Gasteiger partial charge in [-0.15, -0.1) is 0 Å². The van der Waals surface area contributed by atoms with Crippen LogP contribution in [0.3, 0.4) is 0 Å². The first kappa shape index (κ1) is 17.4. The van der Waals surface area contributed by atoms with Gasteiger partial charge in [0.1, 0.15) is 13.2 Å². The number of rotatable bonds is 6. The third-order valence-corrected chi connectivity index (χ3v) is 3.96. The molecule has 7 heteroatoms. The molecule has 2 N–H and O–H groups in total. The molecule has 0 aromatic heterocycles. The molecular formula is C16H20ClNO5. The molecule has 1 heterocycles. The lowest BCUT2D eigenvalue weighted by molar-refractivity contribution is -0.138. The summed E-state index contributed by atoms with van der Waals surface area (Å²) in [5.74, 6) is -0.0681. The first-order valence-electron chi connectivity index (χ1n) is 7.46. The molecule has 0 unspecified atom stereocenters. The molecule has 1 aliphatic rings. The van der Waals surface area contributed by atoms with Gasteiger partial charge < -0.3 is 19.9 Å². The fraction of sp³-hybridized carbons (Fsp3) is 0.500. The highest BCUT2D eigenvalue weighted by Crippen LogP contribution is 2.35. The number of aliphatic carboxylic acids is 1. The summed E-state index contributed by atoms with van der Waals surface area (Å²) < 4.78 is 10.9. The van der Waals surface area contributed by atoms with Crippen LogP contribution in [-0.2, 0) is 16.0 Å². The van der Waals surface area contributed by atoms with Gasteiger partial charge in [0.15, 0.2) is 11.5 Å². The van der Waals surface area contributed by atoms with E-state index in [9.17, 15) is 9.59 Å². The molecule has 0 fully saturated rings. The van der Waals surface area contributed by atoms with Crippen molar-refractivity contribution in [1.29, 1.82) is 0 Å². The molecule has 1 aromatic carbocycles. The number of nitrogens with one attached hydrogen (secondary N) is 1. The van der Waals surface area contributed by atoms with E-state index in [0.717, 1.165) is 0 Å². The molecule has 1 aromatic rings. The summed E-state index contributed by atoms with van der Waals surface area (Å²) in [6.07, 6.45) is -0.0589. The summed E-state index contributed by atoms with van der Waals surface area (Å²) in [5.41, 5.74) is 0.617. The van der Waals surface area contributed by atoms with Crippen molar-refractivity contribution in [2.24, 2.45) is 5.92 Å². The lowest BCUT2D eigenvalue weighted by atomic mass is 10.0. The molecule has 1 aliphatic heterocycles. The van der Waals surface area contributed by atoms with E-state index in [4.69, 9.17) is 26.2 Å². The molecule has 0 aliphatic carbocycles. The standard InChI is InChI=1S/C16H20ClNO5/c1-9(2)12(8-16(20)21)18-15(19)6-10-5-13-14(7-11(10)17)23-4-3-22-13/h5,7,9,12H,3-4,6,8H2,1-2H3,(H,18,19)(H,20,21)/t12-/m1/s1. The maximum absolute atomic E-state index is 12.2. The second kappa shape index (κ2) is 7.55. The monoisotopic (exact) mass is 341 g/mol. The van der Waals surface area contributed by atoms with Gasteiger partial charge >= 0.3 is 5.97 Å². The van der Waals surface area contributed by atoms with E-state index >= 15 is 0 Å². The number of halogens is 1. The van der Waals surface area contributed by atoms with Gasteiger partial charge in [-0.3, -0.25) is 9.59 Å². The van der Waals surface area contributed by atoms with Gasteiger partial charge in [-0.25, -0.2) is 0 Å². The van der Waals surface area contributed by atoms with Crippen LogP contribution in [0.1, 0.15) is 25.8 Å². The van der Waals surface area contributed by atoms with Crippen molar-refractivity contribution in [1.82, 2.24) is 5.32 Å². The Hall–Kier alpha value is -1.95. The Morgan fingerprint density at radius 3 is 2.43 bits per heavy atom. The highest BCUT2D eigenvalue weighted by atomic mass is 35.5. The van der Waals surface area contributed by atoms with E-state index in [1.165, 1.54) is 0 Å². The number of carbonyl (C=O) groups is 2. The highest BCUT2D eigenvalue weighted by molar-refractivity contribution is 6.31. The van der Waals surface area contributed by atoms with Gasteiger partial charge in [0.25, 0.3) is 0 Å². The molecule has 6 nitrogen and oxygen atoms in total. The lowest BCUT2D eigenvalue weighted by Crippen LogP contribution is -2.40. The minimum absolute atomic E-state index is 0.0192. The van der Waals surface area contributed by atoms with Gasteiger partial charge in [0, 0.05) is 17.1 Å². The van der Waals surface area contributed by atoms with Crippen molar-refractivity contribution in [3.05, 3.63) is 22.7 Å². The maximum atomic E-state index is 12.2. The van der Waals surface area contributed by atoms with E-state index in [1.54, 1.807) is 12.1 Å². The molecule has 0 saturated carbocycles. The molecule has 1 amide bonds. The SMILES string of the molecule is CC(C)[C@@H](CC(=O)O)NC(=O)Cc1cc2c(cc1Cl)OCCO2. The van der Waals surface area contributed by atoms with E-state index in [-0.39, 0.29) is 24.7 Å². The Labute approximate surface area is 139 Å². The number of carboxylic acid groups (broad SMARTS) is 1. The Balaban J connectivity index is 2.06. The Kier molecular flexibility index (Phi) is 5.71. The molecule has 1 atom stereocenters. The maximum Gasteiger partial charge on any atom is 0.305 e. The van der Waals surface area contributed by atoms with Gasteiger partial charge in [-0.05, 0) is 17.5 Å². The zero-order chi connectivity index (χ0) is 17.0. The third-order valence-electron chi connectivity index (χ3n) is 3.61. The molecule has 126 valence electrons. The van der Waals surface area contributed by atoms with Crippen LogP contribution in [0.5, 0.6) is 11.5 Å². The summed E-state index contributed by atoms with van der Waals surface area (Å²) in [4.78, 5) is 23.1. The number of hydrogen-bond acceptors (Lipinski definition) is 4. The summed E-state index contributed by atoms with van der Waals surface area (Å²) in [5, 5.41) is 12.1. The molecule has 23 heavy (non-hydrogen) atoms. The molecule has 0 radical (unpaired) electrons. The van der Waals surface area contributed by atoms with Crippen LogP contribution in [0.2, 0.25) is 5.02 Å². The number of ether oxygens (including phenoxy) is 2. The van der Waals surface area contributed by atoms with Crippen LogP contribution in [0.15, 0.2) is 12.1 Å². The number of fused-ring (bicyclic) bond motifs is 1. The third kappa shape index (κ3) is 4.76. The normalized spacial score (nSPS) is 14.4. The van der Waals surface area contributed by atoms with Crippen LogP contribution >= 0.6 is 11.6 Å². The summed E-state index contributed by atoms with van der Waals surface area (Å²) >= 11 is 6.18. The second-order valence-electron chi connectivity index (χ2n) is 5.78. The van der Waals surface area contributed by atoms with Crippen molar-refractivity contribution in [3.8, 4) is 11.5 Å². The fourth-order valence-corrected chi connectivity index (χ4v) is 2.53. The van der Waals surface area contributed by atoms with Crippen molar-refractivity contribution in [2.75, 3.05) is 13.2 Å². The van der Waals surface area contributed by atoms with Gasteiger partial charge in [0.05, 0.1) is 12.8 Å². The van der Waals surface area contributed by atoms with Gasteiger partial charge in [0.2, 0.25) is 5.91 Å². The Morgan fingerprint density at radius 1 is 1.26 bits per heavy atom. The van der Waals surface area contributed by atoms with E-state index < -0.39 is 12.0 Å². The minimum Gasteiger partial charge on any atom is -0.486 e. The van der Waals surface area contributed by atoms with Gasteiger partial charge in [-0.1, -0.05) is 25.4 Å². The van der Waals surface area contributed by atoms with Crippen LogP contribution in [0, 0.1) is 5.92 Å².